The van der Waals surface area contributed by atoms with Gasteiger partial charge in [0.25, 0.3) is 0 Å². The maximum Gasteiger partial charge on any atom is 0.245 e. The zero-order chi connectivity index (χ0) is 31.1. The smallest absolute Gasteiger partial charge is 0.245 e. The molecular weight excluding hydrogens is 370 g/mol. The van der Waals surface area contributed by atoms with Crippen molar-refractivity contribution in [2.24, 2.45) is 0 Å². The summed E-state index contributed by atoms with van der Waals surface area (Å²) in [7, 11) is 0. The molecule has 0 saturated carbocycles. The van der Waals surface area contributed by atoms with Gasteiger partial charge in [0.05, 0.1) is 20.8 Å². The minimum absolute atomic E-state index is 0.0560. The summed E-state index contributed by atoms with van der Waals surface area (Å²) in [5, 5.41) is -0.493. The van der Waals surface area contributed by atoms with Crippen LogP contribution >= 0.6 is 0 Å². The highest BCUT2D eigenvalue weighted by Crippen LogP contribution is 2.44. The van der Waals surface area contributed by atoms with E-state index < -0.39 is 91.3 Å². The van der Waals surface area contributed by atoms with Gasteiger partial charge in [0, 0.05) is 36.8 Å². The predicted molar refractivity (Wildman–Crippen MR) is 105 cm³/mol. The molecule has 0 unspecified atom stereocenters. The van der Waals surface area contributed by atoms with Crippen molar-refractivity contribution in [1.82, 2.24) is 14.8 Å². The predicted octanol–water partition coefficient (Wildman–Crippen LogP) is 2.21. The third-order valence-electron chi connectivity index (χ3n) is 4.88. The van der Waals surface area contributed by atoms with Gasteiger partial charge in [0.2, 0.25) is 18.6 Å². The van der Waals surface area contributed by atoms with E-state index >= 15 is 0 Å². The highest BCUT2D eigenvalue weighted by molar-refractivity contribution is 5.97. The quantitative estimate of drug-likeness (QED) is 0.677. The van der Waals surface area contributed by atoms with Crippen molar-refractivity contribution in [1.29, 1.82) is 0 Å². The van der Waals surface area contributed by atoms with Gasteiger partial charge in [-0.1, -0.05) is 24.2 Å². The van der Waals surface area contributed by atoms with Gasteiger partial charge in [0.15, 0.2) is 11.5 Å². The normalized spacial score (nSPS) is 38.3. The molecule has 1 aromatic heterocycles. The summed E-state index contributed by atoms with van der Waals surface area (Å²) in [5.41, 5.74) is -1.89. The van der Waals surface area contributed by atoms with E-state index in [-0.39, 0.29) is 32.4 Å². The van der Waals surface area contributed by atoms with E-state index in [1.807, 2.05) is 0 Å². The van der Waals surface area contributed by atoms with Gasteiger partial charge in [-0.3, -0.25) is 9.59 Å². The molecule has 1 N–H and O–H groups in total. The number of nitrogens with zero attached hydrogens (tertiary/aromatic N) is 2. The standard InChI is InChI=1S/C22H19N3O4/c1-24-10-19(26)25-16(22(24)27)9-14-13-4-2-3-5-15(13)23-20(14)21(25)12-6-7-17-18(8-12)29-11-28-17/h2-8,16,21,23H,9-11H2,1H3/t16-,21-/m1/s1/i1D3,2D,3D,4D,5D,9D2,11D2,16D,21D. The average Bonchev–Trinajstić information content (AvgIpc) is 3.44. The molecule has 3 aromatic rings. The Labute approximate surface area is 185 Å². The Morgan fingerprint density at radius 3 is 3.03 bits per heavy atom. The van der Waals surface area contributed by atoms with Crippen LogP contribution < -0.4 is 9.47 Å². The lowest BCUT2D eigenvalue weighted by Gasteiger charge is -2.46. The minimum atomic E-state index is -3.47. The maximum absolute atomic E-state index is 13.8. The topological polar surface area (TPSA) is 74.9 Å². The lowest BCUT2D eigenvalue weighted by Crippen LogP contribution is -2.62. The number of hydrogen-bond donors (Lipinski definition) is 1. The molecule has 2 amide bonds. The molecule has 4 heterocycles. The minimum Gasteiger partial charge on any atom is -0.454 e. The van der Waals surface area contributed by atoms with Gasteiger partial charge in [-0.05, 0) is 29.3 Å². The fourth-order valence-electron chi connectivity index (χ4n) is 3.61. The Bertz CT molecular complexity index is 1760. The molecule has 0 spiro atoms. The van der Waals surface area contributed by atoms with Crippen molar-refractivity contribution in [3.8, 4) is 11.5 Å². The summed E-state index contributed by atoms with van der Waals surface area (Å²) in [6.45, 7) is -7.02. The molecule has 7 nitrogen and oxygen atoms in total. The first-order chi connectivity index (χ1) is 19.2. The van der Waals surface area contributed by atoms with Gasteiger partial charge in [-0.15, -0.1) is 0 Å². The van der Waals surface area contributed by atoms with Crippen LogP contribution in [0.1, 0.15) is 40.7 Å². The number of ether oxygens (including phenoxy) is 2. The number of carbonyl (C=O) groups excluding carboxylic acids is 2. The third-order valence-corrected chi connectivity index (χ3v) is 4.88. The number of H-pyrrole nitrogens is 1. The van der Waals surface area contributed by atoms with Crippen molar-refractivity contribution >= 4 is 22.7 Å². The lowest BCUT2D eigenvalue weighted by atomic mass is 9.86. The van der Waals surface area contributed by atoms with Crippen molar-refractivity contribution in [2.45, 2.75) is 18.4 Å². The molecule has 7 heteroatoms. The van der Waals surface area contributed by atoms with Crippen LogP contribution in [0.25, 0.3) is 10.9 Å². The summed E-state index contributed by atoms with van der Waals surface area (Å²) >= 11 is 0. The number of benzene rings is 2. The zero-order valence-electron chi connectivity index (χ0n) is 27.5. The van der Waals surface area contributed by atoms with Crippen molar-refractivity contribution < 1.29 is 36.9 Å². The van der Waals surface area contributed by atoms with Gasteiger partial charge in [-0.2, -0.15) is 0 Å². The van der Waals surface area contributed by atoms with E-state index in [9.17, 15) is 12.3 Å². The monoisotopic (exact) mass is 402 g/mol. The molecule has 1 saturated heterocycles. The highest BCUT2D eigenvalue weighted by Gasteiger charge is 2.47. The number of hydrogen-bond acceptors (Lipinski definition) is 4. The Hall–Kier alpha value is -3.48. The average molecular weight is 402 g/mol. The molecule has 6 rings (SSSR count). The Morgan fingerprint density at radius 1 is 1.28 bits per heavy atom. The first-order valence-electron chi connectivity index (χ1n) is 15.0. The molecular formula is C22H19N3O4. The SMILES string of the molecule is [2H]c1c([2H])c([2H])c2c3c([nH]c2c1[2H])[C@@]([2H])(c1ccc2c(c1)OC([2H])([2H])O2)N1C(=O)CN(C([2H])([2H])[2H])C(=O)[C@@]1([2H])C3([2H])[2H]. The van der Waals surface area contributed by atoms with Crippen LogP contribution in [0.5, 0.6) is 11.5 Å². The first kappa shape index (κ1) is 8.10. The van der Waals surface area contributed by atoms with Gasteiger partial charge in [-0.25, -0.2) is 0 Å². The number of carbonyl (C=O) groups is 2. The number of rotatable bonds is 1. The molecule has 29 heavy (non-hydrogen) atoms. The fourth-order valence-corrected chi connectivity index (χ4v) is 3.61. The molecule has 2 atom stereocenters. The number of amides is 2. The van der Waals surface area contributed by atoms with Crippen LogP contribution in [-0.2, 0) is 16.0 Å². The van der Waals surface area contributed by atoms with Crippen molar-refractivity contribution in [3.05, 3.63) is 59.2 Å². The Kier molecular flexibility index (Phi) is 1.61. The number of fused-ring (bicyclic) bond motifs is 5. The Balaban J connectivity index is 1.76. The summed E-state index contributed by atoms with van der Waals surface area (Å²) in [6.07, 6.45) is -3.34. The van der Waals surface area contributed by atoms with E-state index in [4.69, 9.17) is 24.6 Å². The second kappa shape index (κ2) is 5.76. The summed E-state index contributed by atoms with van der Waals surface area (Å²) in [4.78, 5) is 30.5. The van der Waals surface area contributed by atoms with E-state index in [0.29, 0.717) is 0 Å². The highest BCUT2D eigenvalue weighted by atomic mass is 16.7. The van der Waals surface area contributed by atoms with Gasteiger partial charge >= 0.3 is 0 Å². The molecule has 3 aliphatic heterocycles. The maximum atomic E-state index is 13.8. The largest absolute Gasteiger partial charge is 0.454 e. The third kappa shape index (κ3) is 2.24. The van der Waals surface area contributed by atoms with Crippen LogP contribution in [0.4, 0.5) is 0 Å². The van der Waals surface area contributed by atoms with Crippen molar-refractivity contribution in [3.63, 3.8) is 0 Å². The number of aromatic amines is 1. The molecule has 0 aliphatic carbocycles. The molecule has 0 radical (unpaired) electrons. The number of piperazine rings is 1. The van der Waals surface area contributed by atoms with Crippen molar-refractivity contribution in [2.75, 3.05) is 20.3 Å². The summed E-state index contributed by atoms with van der Waals surface area (Å²) in [6, 6.07) is -5.70. The molecule has 0 bridgehead atoms. The number of para-hydroxylation sites is 1. The van der Waals surface area contributed by atoms with Crippen LogP contribution in [0.15, 0.2) is 42.4 Å². The van der Waals surface area contributed by atoms with E-state index in [1.54, 1.807) is 0 Å². The first-order valence-corrected chi connectivity index (χ1v) is 8.50. The number of nitrogens with one attached hydrogen (secondary N) is 1. The zero-order valence-corrected chi connectivity index (χ0v) is 14.5. The molecule has 3 aliphatic rings. The van der Waals surface area contributed by atoms with Gasteiger partial charge in [0.1, 0.15) is 8.76 Å². The fraction of sp³-hybridized carbons (Fsp3) is 0.273. The molecule has 146 valence electrons. The molecule has 1 fully saturated rings. The van der Waals surface area contributed by atoms with Gasteiger partial charge < -0.3 is 24.3 Å². The van der Waals surface area contributed by atoms with Crippen LogP contribution in [0, 0.1) is 0 Å². The lowest BCUT2D eigenvalue weighted by molar-refractivity contribution is -0.157. The summed E-state index contributed by atoms with van der Waals surface area (Å²) < 4.78 is 119. The molecule has 2 aromatic carbocycles. The number of likely N-dealkylation sites (N-methyl/N-ethyl adjacent to an activating group) is 1. The summed E-state index contributed by atoms with van der Waals surface area (Å²) in [5.74, 6) is -3.31. The van der Waals surface area contributed by atoms with Crippen LogP contribution in [0.3, 0.4) is 0 Å². The van der Waals surface area contributed by atoms with E-state index in [2.05, 4.69) is 4.98 Å². The van der Waals surface area contributed by atoms with Crippen LogP contribution in [-0.4, -0.2) is 52.9 Å². The van der Waals surface area contributed by atoms with E-state index in [1.165, 1.54) is 12.1 Å². The van der Waals surface area contributed by atoms with E-state index in [0.717, 1.165) is 6.07 Å². The van der Waals surface area contributed by atoms with Crippen LogP contribution in [0.2, 0.25) is 0 Å². The number of aromatic nitrogens is 1. The second-order valence-electron chi connectivity index (χ2n) is 6.52. The second-order valence-corrected chi connectivity index (χ2v) is 6.52. The Morgan fingerprint density at radius 2 is 2.14 bits per heavy atom.